The highest BCUT2D eigenvalue weighted by molar-refractivity contribution is 6.32. The summed E-state index contributed by atoms with van der Waals surface area (Å²) < 4.78 is 18.4. The van der Waals surface area contributed by atoms with Gasteiger partial charge in [-0.25, -0.2) is 4.39 Å². The fraction of sp³-hybridized carbons (Fsp3) is 0.0455. The van der Waals surface area contributed by atoms with Gasteiger partial charge in [0.2, 0.25) is 0 Å². The molecule has 0 radical (unpaired) electrons. The Morgan fingerprint density at radius 2 is 1.44 bits per heavy atom. The summed E-state index contributed by atoms with van der Waals surface area (Å²) in [6.07, 6.45) is 1.82. The fourth-order valence-corrected chi connectivity index (χ4v) is 2.52. The van der Waals surface area contributed by atoms with Crippen molar-refractivity contribution in [3.05, 3.63) is 101 Å². The summed E-state index contributed by atoms with van der Waals surface area (Å²) in [7, 11) is 1.58. The molecule has 0 aliphatic carbocycles. The van der Waals surface area contributed by atoms with Crippen molar-refractivity contribution in [2.24, 2.45) is 0 Å². The third-order valence-corrected chi connectivity index (χ3v) is 3.86. The molecule has 0 atom stereocenters. The third-order valence-electron chi connectivity index (χ3n) is 3.86. The Labute approximate surface area is 146 Å². The van der Waals surface area contributed by atoms with Crippen molar-refractivity contribution in [2.75, 3.05) is 7.11 Å². The van der Waals surface area contributed by atoms with Crippen LogP contribution in [0.15, 0.2) is 78.9 Å². The maximum Gasteiger partial charge on any atom is 0.193 e. The number of Topliss-reactive ketones (excluding diaryl/α,β-unsaturated/α-hetero) is 1. The lowest BCUT2D eigenvalue weighted by molar-refractivity contribution is 0.105. The number of allylic oxidation sites excluding steroid dienone is 1. The van der Waals surface area contributed by atoms with E-state index in [0.717, 1.165) is 5.56 Å². The van der Waals surface area contributed by atoms with E-state index in [1.54, 1.807) is 43.5 Å². The lowest BCUT2D eigenvalue weighted by Crippen LogP contribution is -2.03. The molecule has 0 amide bonds. The number of ether oxygens (including phenoxy) is 1. The summed E-state index contributed by atoms with van der Waals surface area (Å²) >= 11 is 0. The Balaban J connectivity index is 2.05. The minimum atomic E-state index is -0.334. The van der Waals surface area contributed by atoms with Gasteiger partial charge < -0.3 is 4.74 Å². The van der Waals surface area contributed by atoms with Gasteiger partial charge in [0.15, 0.2) is 5.78 Å². The molecule has 0 aromatic heterocycles. The van der Waals surface area contributed by atoms with Crippen LogP contribution in [0.3, 0.4) is 0 Å². The number of benzene rings is 3. The summed E-state index contributed by atoms with van der Waals surface area (Å²) in [5, 5.41) is 0. The maximum atomic E-state index is 13.3. The molecular formula is C22H17FO2. The van der Waals surface area contributed by atoms with Crippen molar-refractivity contribution >= 4 is 17.4 Å². The monoisotopic (exact) mass is 332 g/mol. The first-order chi connectivity index (χ1) is 12.2. The molecular weight excluding hydrogens is 315 g/mol. The summed E-state index contributed by atoms with van der Waals surface area (Å²) in [4.78, 5) is 13.0. The van der Waals surface area contributed by atoms with Crippen LogP contribution in [0.25, 0.3) is 11.6 Å². The predicted octanol–water partition coefficient (Wildman–Crippen LogP) is 5.26. The summed E-state index contributed by atoms with van der Waals surface area (Å²) in [6, 6.07) is 22.5. The second-order valence-corrected chi connectivity index (χ2v) is 5.53. The van der Waals surface area contributed by atoms with E-state index in [9.17, 15) is 9.18 Å². The van der Waals surface area contributed by atoms with Crippen LogP contribution in [0.1, 0.15) is 21.5 Å². The number of halogens is 1. The highest BCUT2D eigenvalue weighted by atomic mass is 19.1. The van der Waals surface area contributed by atoms with Crippen molar-refractivity contribution in [3.63, 3.8) is 0 Å². The highest BCUT2D eigenvalue weighted by Gasteiger charge is 2.15. The van der Waals surface area contributed by atoms with Crippen LogP contribution in [0.4, 0.5) is 4.39 Å². The van der Waals surface area contributed by atoms with Gasteiger partial charge in [-0.3, -0.25) is 4.79 Å². The van der Waals surface area contributed by atoms with E-state index in [2.05, 4.69) is 0 Å². The van der Waals surface area contributed by atoms with Crippen LogP contribution >= 0.6 is 0 Å². The Morgan fingerprint density at radius 3 is 2.04 bits per heavy atom. The fourth-order valence-electron chi connectivity index (χ4n) is 2.52. The van der Waals surface area contributed by atoms with Gasteiger partial charge in [0.05, 0.1) is 7.11 Å². The van der Waals surface area contributed by atoms with Crippen molar-refractivity contribution in [3.8, 4) is 5.75 Å². The molecule has 0 saturated carbocycles. The van der Waals surface area contributed by atoms with Gasteiger partial charge in [-0.05, 0) is 53.6 Å². The standard InChI is InChI=1S/C22H17FO2/c1-25-20-13-9-18(10-14-20)22(24)21(15-16-5-3-2-4-6-16)17-7-11-19(23)12-8-17/h2-15H,1H3/b21-15+. The summed E-state index contributed by atoms with van der Waals surface area (Å²) in [5.41, 5.74) is 2.64. The van der Waals surface area contributed by atoms with Crippen LogP contribution in [0.2, 0.25) is 0 Å². The van der Waals surface area contributed by atoms with Crippen molar-refractivity contribution in [1.29, 1.82) is 0 Å². The second-order valence-electron chi connectivity index (χ2n) is 5.53. The number of rotatable bonds is 5. The zero-order valence-electron chi connectivity index (χ0n) is 13.8. The number of carbonyl (C=O) groups is 1. The molecule has 0 N–H and O–H groups in total. The molecule has 3 heteroatoms. The lowest BCUT2D eigenvalue weighted by atomic mass is 9.94. The third kappa shape index (κ3) is 4.01. The molecule has 3 rings (SSSR count). The van der Waals surface area contributed by atoms with Gasteiger partial charge in [-0.2, -0.15) is 0 Å². The van der Waals surface area contributed by atoms with E-state index in [1.165, 1.54) is 12.1 Å². The van der Waals surface area contributed by atoms with Crippen LogP contribution in [0, 0.1) is 5.82 Å². The zero-order chi connectivity index (χ0) is 17.6. The second kappa shape index (κ2) is 7.58. The predicted molar refractivity (Wildman–Crippen MR) is 98.0 cm³/mol. The molecule has 0 bridgehead atoms. The Hall–Kier alpha value is -3.20. The average Bonchev–Trinajstić information content (AvgIpc) is 2.67. The minimum Gasteiger partial charge on any atom is -0.497 e. The minimum absolute atomic E-state index is 0.127. The largest absolute Gasteiger partial charge is 0.497 e. The maximum absolute atomic E-state index is 13.3. The zero-order valence-corrected chi connectivity index (χ0v) is 13.8. The number of hydrogen-bond acceptors (Lipinski definition) is 2. The molecule has 0 aliphatic heterocycles. The van der Waals surface area contributed by atoms with E-state index in [4.69, 9.17) is 4.74 Å². The molecule has 3 aromatic rings. The van der Waals surface area contributed by atoms with E-state index in [1.807, 2.05) is 36.4 Å². The van der Waals surface area contributed by atoms with Gasteiger partial charge in [0.1, 0.15) is 11.6 Å². The Morgan fingerprint density at radius 1 is 0.840 bits per heavy atom. The van der Waals surface area contributed by atoms with Gasteiger partial charge >= 0.3 is 0 Å². The van der Waals surface area contributed by atoms with E-state index >= 15 is 0 Å². The number of methoxy groups -OCH3 is 1. The SMILES string of the molecule is COc1ccc(C(=O)/C(=C/c2ccccc2)c2ccc(F)cc2)cc1. The van der Waals surface area contributed by atoms with E-state index < -0.39 is 0 Å². The number of ketones is 1. The van der Waals surface area contributed by atoms with Gasteiger partial charge in [-0.1, -0.05) is 42.5 Å². The molecule has 124 valence electrons. The first-order valence-electron chi connectivity index (χ1n) is 7.89. The normalized spacial score (nSPS) is 11.2. The van der Waals surface area contributed by atoms with Crippen LogP contribution in [-0.4, -0.2) is 12.9 Å². The van der Waals surface area contributed by atoms with E-state index in [0.29, 0.717) is 22.4 Å². The van der Waals surface area contributed by atoms with Crippen LogP contribution in [0.5, 0.6) is 5.75 Å². The quantitative estimate of drug-likeness (QED) is 0.362. The molecule has 25 heavy (non-hydrogen) atoms. The van der Waals surface area contributed by atoms with Crippen LogP contribution < -0.4 is 4.74 Å². The highest BCUT2D eigenvalue weighted by Crippen LogP contribution is 2.24. The van der Waals surface area contributed by atoms with Gasteiger partial charge in [-0.15, -0.1) is 0 Å². The molecule has 3 aromatic carbocycles. The lowest BCUT2D eigenvalue weighted by Gasteiger charge is -2.09. The van der Waals surface area contributed by atoms with Crippen molar-refractivity contribution in [2.45, 2.75) is 0 Å². The molecule has 0 unspecified atom stereocenters. The molecule has 0 spiro atoms. The first kappa shape index (κ1) is 16.7. The number of carbonyl (C=O) groups excluding carboxylic acids is 1. The molecule has 0 fully saturated rings. The Kier molecular flexibility index (Phi) is 5.05. The van der Waals surface area contributed by atoms with Gasteiger partial charge in [0, 0.05) is 11.1 Å². The van der Waals surface area contributed by atoms with Crippen molar-refractivity contribution in [1.82, 2.24) is 0 Å². The molecule has 0 saturated heterocycles. The van der Waals surface area contributed by atoms with E-state index in [-0.39, 0.29) is 11.6 Å². The van der Waals surface area contributed by atoms with Gasteiger partial charge in [0.25, 0.3) is 0 Å². The topological polar surface area (TPSA) is 26.3 Å². The molecule has 2 nitrogen and oxygen atoms in total. The number of hydrogen-bond donors (Lipinski definition) is 0. The first-order valence-corrected chi connectivity index (χ1v) is 7.89. The Bertz CT molecular complexity index is 880. The molecule has 0 heterocycles. The summed E-state index contributed by atoms with van der Waals surface area (Å²) in [6.45, 7) is 0. The summed E-state index contributed by atoms with van der Waals surface area (Å²) in [5.74, 6) is 0.227. The molecule has 0 aliphatic rings. The van der Waals surface area contributed by atoms with Crippen LogP contribution in [-0.2, 0) is 0 Å². The van der Waals surface area contributed by atoms with Crippen molar-refractivity contribution < 1.29 is 13.9 Å². The smallest absolute Gasteiger partial charge is 0.193 e. The average molecular weight is 332 g/mol.